The van der Waals surface area contributed by atoms with Crippen LogP contribution in [0.3, 0.4) is 0 Å². The van der Waals surface area contributed by atoms with Crippen molar-refractivity contribution in [3.63, 3.8) is 0 Å². The van der Waals surface area contributed by atoms with Crippen LogP contribution in [-0.2, 0) is 6.54 Å². The molecule has 0 spiro atoms. The van der Waals surface area contributed by atoms with Crippen molar-refractivity contribution < 1.29 is 0 Å². The number of nitrogens with two attached hydrogens (primary N) is 1. The molecule has 2 N–H and O–H groups in total. The Kier molecular flexibility index (Phi) is 4.40. The van der Waals surface area contributed by atoms with Crippen LogP contribution in [0.4, 0.5) is 0 Å². The number of rotatable bonds is 4. The van der Waals surface area contributed by atoms with E-state index in [-0.39, 0.29) is 11.3 Å². The predicted octanol–water partition coefficient (Wildman–Crippen LogP) is 4.19. The fourth-order valence-electron chi connectivity index (χ4n) is 2.78. The Bertz CT molecular complexity index is 596. The number of hydrogen-bond donors (Lipinski definition) is 1. The number of hydrogen-bond acceptors (Lipinski definition) is 2. The van der Waals surface area contributed by atoms with Gasteiger partial charge in [-0.05, 0) is 37.0 Å². The molecule has 4 heteroatoms. The van der Waals surface area contributed by atoms with Crippen molar-refractivity contribution in [1.29, 1.82) is 0 Å². The fraction of sp³-hybridized carbons (Fsp3) is 0.562. The highest BCUT2D eigenvalue weighted by Gasteiger charge is 2.24. The van der Waals surface area contributed by atoms with Crippen molar-refractivity contribution in [2.45, 2.75) is 46.6 Å². The molecule has 1 heterocycles. The van der Waals surface area contributed by atoms with E-state index in [1.54, 1.807) is 0 Å². The van der Waals surface area contributed by atoms with Gasteiger partial charge in [-0.15, -0.1) is 0 Å². The summed E-state index contributed by atoms with van der Waals surface area (Å²) in [4.78, 5) is 4.80. The van der Waals surface area contributed by atoms with E-state index in [4.69, 9.17) is 22.3 Å². The molecule has 2 aromatic rings. The molecule has 110 valence electrons. The Morgan fingerprint density at radius 1 is 1.35 bits per heavy atom. The first-order chi connectivity index (χ1) is 9.35. The van der Waals surface area contributed by atoms with Crippen molar-refractivity contribution in [1.82, 2.24) is 9.55 Å². The number of fused-ring (bicyclic) bond motifs is 1. The Labute approximate surface area is 126 Å². The summed E-state index contributed by atoms with van der Waals surface area (Å²) in [5.74, 6) is 1.36. The normalized spacial score (nSPS) is 13.9. The minimum atomic E-state index is 0.235. The summed E-state index contributed by atoms with van der Waals surface area (Å²) in [6.45, 7) is 10.4. The lowest BCUT2D eigenvalue weighted by Crippen LogP contribution is -2.22. The summed E-state index contributed by atoms with van der Waals surface area (Å²) in [6, 6.07) is 5.89. The summed E-state index contributed by atoms with van der Waals surface area (Å²) < 4.78 is 2.26. The molecular weight excluding hydrogens is 270 g/mol. The van der Waals surface area contributed by atoms with Gasteiger partial charge < -0.3 is 10.3 Å². The maximum absolute atomic E-state index is 6.07. The molecule has 0 bridgehead atoms. The van der Waals surface area contributed by atoms with E-state index in [1.165, 1.54) is 0 Å². The third-order valence-corrected chi connectivity index (χ3v) is 3.80. The van der Waals surface area contributed by atoms with Gasteiger partial charge >= 0.3 is 0 Å². The lowest BCUT2D eigenvalue weighted by molar-refractivity contribution is 0.332. The number of nitrogens with zero attached hydrogens (tertiary/aromatic N) is 2. The summed E-state index contributed by atoms with van der Waals surface area (Å²) in [5, 5.41) is 0.727. The molecule has 1 aromatic heterocycles. The highest BCUT2D eigenvalue weighted by atomic mass is 35.5. The van der Waals surface area contributed by atoms with Crippen LogP contribution < -0.4 is 5.73 Å². The standard InChI is InChI=1S/C16H24ClN3/c1-5-20-14-7-6-12(17)8-13(14)19-15(20)11(10-18)9-16(2,3)4/h6-8,11H,5,9-10,18H2,1-4H3. The highest BCUT2D eigenvalue weighted by molar-refractivity contribution is 6.31. The maximum atomic E-state index is 6.07. The van der Waals surface area contributed by atoms with E-state index in [9.17, 15) is 0 Å². The van der Waals surface area contributed by atoms with Crippen LogP contribution >= 0.6 is 11.6 Å². The van der Waals surface area contributed by atoms with Gasteiger partial charge in [0.1, 0.15) is 5.82 Å². The van der Waals surface area contributed by atoms with Crippen molar-refractivity contribution >= 4 is 22.6 Å². The van der Waals surface area contributed by atoms with Crippen LogP contribution in [0, 0.1) is 5.41 Å². The molecule has 0 saturated heterocycles. The molecule has 0 aliphatic carbocycles. The summed E-state index contributed by atoms with van der Waals surface area (Å²) in [5.41, 5.74) is 8.34. The molecule has 0 amide bonds. The Morgan fingerprint density at radius 3 is 2.60 bits per heavy atom. The van der Waals surface area contributed by atoms with Gasteiger partial charge in [0.05, 0.1) is 11.0 Å². The average molecular weight is 294 g/mol. The predicted molar refractivity (Wildman–Crippen MR) is 86.3 cm³/mol. The van der Waals surface area contributed by atoms with E-state index >= 15 is 0 Å². The zero-order valence-corrected chi connectivity index (χ0v) is 13.5. The molecule has 2 rings (SSSR count). The average Bonchev–Trinajstić information content (AvgIpc) is 2.72. The second kappa shape index (κ2) is 5.74. The van der Waals surface area contributed by atoms with Crippen LogP contribution in [0.25, 0.3) is 11.0 Å². The van der Waals surface area contributed by atoms with Crippen LogP contribution in [-0.4, -0.2) is 16.1 Å². The third-order valence-electron chi connectivity index (χ3n) is 3.56. The van der Waals surface area contributed by atoms with E-state index in [0.717, 1.165) is 34.8 Å². The van der Waals surface area contributed by atoms with Gasteiger partial charge in [-0.2, -0.15) is 0 Å². The van der Waals surface area contributed by atoms with Crippen LogP contribution in [0.2, 0.25) is 5.02 Å². The second-order valence-electron chi connectivity index (χ2n) is 6.54. The van der Waals surface area contributed by atoms with Crippen molar-refractivity contribution in [3.05, 3.63) is 29.0 Å². The monoisotopic (exact) mass is 293 g/mol. The first-order valence-electron chi connectivity index (χ1n) is 7.21. The molecule has 0 fully saturated rings. The fourth-order valence-corrected chi connectivity index (χ4v) is 2.95. The molecule has 1 atom stereocenters. The maximum Gasteiger partial charge on any atom is 0.114 e. The van der Waals surface area contributed by atoms with Crippen LogP contribution in [0.15, 0.2) is 18.2 Å². The zero-order chi connectivity index (χ0) is 14.9. The molecule has 1 unspecified atom stereocenters. The largest absolute Gasteiger partial charge is 0.330 e. The first-order valence-corrected chi connectivity index (χ1v) is 7.59. The molecule has 1 aromatic carbocycles. The molecule has 0 saturated carbocycles. The SMILES string of the molecule is CCn1c(C(CN)CC(C)(C)C)nc2cc(Cl)ccc21. The van der Waals surface area contributed by atoms with Crippen LogP contribution in [0.1, 0.15) is 45.9 Å². The van der Waals surface area contributed by atoms with Gasteiger partial charge in [0, 0.05) is 24.0 Å². The Morgan fingerprint density at radius 2 is 2.05 bits per heavy atom. The van der Waals surface area contributed by atoms with Gasteiger partial charge in [-0.25, -0.2) is 4.98 Å². The van der Waals surface area contributed by atoms with Crippen molar-refractivity contribution in [3.8, 4) is 0 Å². The lowest BCUT2D eigenvalue weighted by atomic mass is 9.84. The van der Waals surface area contributed by atoms with E-state index < -0.39 is 0 Å². The molecule has 3 nitrogen and oxygen atoms in total. The van der Waals surface area contributed by atoms with E-state index in [2.05, 4.69) is 32.3 Å². The van der Waals surface area contributed by atoms with Gasteiger partial charge in [-0.1, -0.05) is 32.4 Å². The van der Waals surface area contributed by atoms with Gasteiger partial charge in [-0.3, -0.25) is 0 Å². The molecule has 0 aliphatic rings. The zero-order valence-electron chi connectivity index (χ0n) is 12.8. The summed E-state index contributed by atoms with van der Waals surface area (Å²) >= 11 is 6.07. The smallest absolute Gasteiger partial charge is 0.114 e. The molecule has 20 heavy (non-hydrogen) atoms. The highest BCUT2D eigenvalue weighted by Crippen LogP contribution is 2.32. The molecular formula is C16H24ClN3. The summed E-state index contributed by atoms with van der Waals surface area (Å²) in [7, 11) is 0. The number of imidazole rings is 1. The molecule has 0 radical (unpaired) electrons. The minimum absolute atomic E-state index is 0.235. The van der Waals surface area contributed by atoms with E-state index in [0.29, 0.717) is 6.54 Å². The van der Waals surface area contributed by atoms with Gasteiger partial charge in [0.2, 0.25) is 0 Å². The number of halogens is 1. The lowest BCUT2D eigenvalue weighted by Gasteiger charge is -2.25. The van der Waals surface area contributed by atoms with Gasteiger partial charge in [0.15, 0.2) is 0 Å². The van der Waals surface area contributed by atoms with Crippen molar-refractivity contribution in [2.75, 3.05) is 6.54 Å². The third kappa shape index (κ3) is 3.15. The van der Waals surface area contributed by atoms with Gasteiger partial charge in [0.25, 0.3) is 0 Å². The number of benzene rings is 1. The Balaban J connectivity index is 2.51. The Hall–Kier alpha value is -1.06. The minimum Gasteiger partial charge on any atom is -0.330 e. The van der Waals surface area contributed by atoms with Crippen LogP contribution in [0.5, 0.6) is 0 Å². The second-order valence-corrected chi connectivity index (χ2v) is 6.98. The quantitative estimate of drug-likeness (QED) is 0.918. The van der Waals surface area contributed by atoms with E-state index in [1.807, 2.05) is 18.2 Å². The molecule has 0 aliphatic heterocycles. The number of aromatic nitrogens is 2. The number of aryl methyl sites for hydroxylation is 1. The summed E-state index contributed by atoms with van der Waals surface area (Å²) in [6.07, 6.45) is 1.03. The van der Waals surface area contributed by atoms with Crippen molar-refractivity contribution in [2.24, 2.45) is 11.1 Å². The topological polar surface area (TPSA) is 43.8 Å². The first kappa shape index (κ1) is 15.3.